The number of H-pyrrole nitrogens is 1. The van der Waals surface area contributed by atoms with E-state index in [-0.39, 0.29) is 16.2 Å². The van der Waals surface area contributed by atoms with Gasteiger partial charge < -0.3 is 10.4 Å². The first-order valence-corrected chi connectivity index (χ1v) is 10.5. The van der Waals surface area contributed by atoms with Crippen molar-refractivity contribution < 1.29 is 13.2 Å². The number of hydrazine groups is 1. The molecule has 11 heteroatoms. The zero-order valence-corrected chi connectivity index (χ0v) is 16.3. The van der Waals surface area contributed by atoms with Gasteiger partial charge in [-0.15, -0.1) is 0 Å². The maximum Gasteiger partial charge on any atom is 0.259 e. The van der Waals surface area contributed by atoms with Crippen molar-refractivity contribution in [2.75, 3.05) is 5.43 Å². The van der Waals surface area contributed by atoms with E-state index in [1.165, 1.54) is 31.2 Å². The van der Waals surface area contributed by atoms with Crippen molar-refractivity contribution in [1.29, 1.82) is 0 Å². The minimum Gasteiger partial charge on any atom is -0.320 e. The van der Waals surface area contributed by atoms with Crippen LogP contribution in [0, 0.1) is 0 Å². The molecular weight excluding hydrogens is 402 g/mol. The van der Waals surface area contributed by atoms with Gasteiger partial charge in [0.05, 0.1) is 15.8 Å². The van der Waals surface area contributed by atoms with E-state index >= 15 is 0 Å². The number of para-hydroxylation sites is 1. The summed E-state index contributed by atoms with van der Waals surface area (Å²) in [5.41, 5.74) is 6.43. The molecule has 1 aromatic heterocycles. The zero-order chi connectivity index (χ0) is 20.3. The number of thioether (sulfide) groups is 1. The molecule has 0 amide bonds. The lowest BCUT2D eigenvalue weighted by atomic mass is 10.2. The van der Waals surface area contributed by atoms with Gasteiger partial charge in [0.25, 0.3) is 5.56 Å². The van der Waals surface area contributed by atoms with Crippen LogP contribution in [0.3, 0.4) is 0 Å². The number of Topliss-reactive ketones (excluding diaryl/α,β-unsaturated/α-hetero) is 1. The number of aromatic amines is 1. The molecule has 5 N–H and O–H groups in total. The summed E-state index contributed by atoms with van der Waals surface area (Å²) < 4.78 is 22.6. The third-order valence-corrected chi connectivity index (χ3v) is 5.75. The normalized spacial score (nSPS) is 12.6. The number of fused-ring (bicyclic) bond motifs is 1. The molecule has 28 heavy (non-hydrogen) atoms. The molecule has 0 aliphatic heterocycles. The van der Waals surface area contributed by atoms with E-state index in [0.29, 0.717) is 21.7 Å². The smallest absolute Gasteiger partial charge is 0.259 e. The Labute approximate surface area is 164 Å². The van der Waals surface area contributed by atoms with E-state index < -0.39 is 15.4 Å². The van der Waals surface area contributed by atoms with Gasteiger partial charge >= 0.3 is 0 Å². The van der Waals surface area contributed by atoms with Crippen molar-refractivity contribution in [3.8, 4) is 0 Å². The quantitative estimate of drug-likeness (QED) is 0.193. The van der Waals surface area contributed by atoms with Crippen LogP contribution in [-0.2, 0) is 14.8 Å². The summed E-state index contributed by atoms with van der Waals surface area (Å²) in [5, 5.41) is 5.07. The Kier molecular flexibility index (Phi) is 5.79. The van der Waals surface area contributed by atoms with Crippen LogP contribution in [0.15, 0.2) is 63.4 Å². The summed E-state index contributed by atoms with van der Waals surface area (Å²) in [5.74, 6) is -0.200. The van der Waals surface area contributed by atoms with Crippen LogP contribution in [0.5, 0.6) is 0 Å². The van der Waals surface area contributed by atoms with E-state index in [2.05, 4.69) is 20.8 Å². The van der Waals surface area contributed by atoms with Gasteiger partial charge in [0.1, 0.15) is 5.37 Å². The second kappa shape index (κ2) is 8.10. The highest BCUT2D eigenvalue weighted by atomic mass is 32.2. The predicted molar refractivity (Wildman–Crippen MR) is 107 cm³/mol. The topological polar surface area (TPSA) is 147 Å². The lowest BCUT2D eigenvalue weighted by Gasteiger charge is -2.16. The Bertz CT molecular complexity index is 1180. The minimum absolute atomic E-state index is 0.0199. The van der Waals surface area contributed by atoms with Crippen LogP contribution >= 0.6 is 11.8 Å². The number of ketones is 1. The molecule has 9 nitrogen and oxygen atoms in total. The van der Waals surface area contributed by atoms with Crippen molar-refractivity contribution in [1.82, 2.24) is 15.4 Å². The molecule has 0 aliphatic rings. The summed E-state index contributed by atoms with van der Waals surface area (Å²) in [6.07, 6.45) is 0. The highest BCUT2D eigenvalue weighted by molar-refractivity contribution is 8.00. The lowest BCUT2D eigenvalue weighted by molar-refractivity contribution is -0.116. The first kappa shape index (κ1) is 20.0. The number of nitrogens with two attached hydrogens (primary N) is 1. The van der Waals surface area contributed by atoms with Gasteiger partial charge in [-0.2, -0.15) is 0 Å². The van der Waals surface area contributed by atoms with Crippen LogP contribution in [0.2, 0.25) is 0 Å². The minimum atomic E-state index is -3.78. The van der Waals surface area contributed by atoms with Gasteiger partial charge in [-0.25, -0.2) is 24.0 Å². The van der Waals surface area contributed by atoms with Gasteiger partial charge in [0.2, 0.25) is 10.0 Å². The Hall–Kier alpha value is -2.73. The first-order chi connectivity index (χ1) is 13.2. The SMILES string of the molecule is CC(=O)C(NNc1ccc(S(N)(=O)=O)cc1)Sc1nc2ccccc2c(=O)[nH]1. The van der Waals surface area contributed by atoms with Crippen LogP contribution in [-0.4, -0.2) is 29.5 Å². The van der Waals surface area contributed by atoms with Crippen LogP contribution in [0.25, 0.3) is 10.9 Å². The molecule has 0 saturated carbocycles. The molecule has 3 aromatic rings. The number of rotatable bonds is 7. The highest BCUT2D eigenvalue weighted by Crippen LogP contribution is 2.20. The van der Waals surface area contributed by atoms with E-state index in [1.54, 1.807) is 24.3 Å². The second-order valence-corrected chi connectivity index (χ2v) is 8.49. The Morgan fingerprint density at radius 3 is 2.50 bits per heavy atom. The molecule has 3 rings (SSSR count). The van der Waals surface area contributed by atoms with Crippen LogP contribution < -0.4 is 21.5 Å². The fourth-order valence-corrected chi connectivity index (χ4v) is 3.65. The largest absolute Gasteiger partial charge is 0.320 e. The molecule has 146 valence electrons. The van der Waals surface area contributed by atoms with Crippen molar-refractivity contribution in [2.24, 2.45) is 5.14 Å². The van der Waals surface area contributed by atoms with E-state index in [4.69, 9.17) is 5.14 Å². The molecular formula is C17H17N5O4S2. The molecule has 0 bridgehead atoms. The Morgan fingerprint density at radius 2 is 1.86 bits per heavy atom. The van der Waals surface area contributed by atoms with Gasteiger partial charge in [-0.05, 0) is 43.3 Å². The third-order valence-electron chi connectivity index (χ3n) is 3.72. The second-order valence-electron chi connectivity index (χ2n) is 5.84. The molecule has 0 saturated heterocycles. The van der Waals surface area contributed by atoms with Crippen molar-refractivity contribution >= 4 is 44.2 Å². The summed E-state index contributed by atoms with van der Waals surface area (Å²) in [6, 6.07) is 12.6. The van der Waals surface area contributed by atoms with Gasteiger partial charge in [-0.1, -0.05) is 23.9 Å². The molecule has 0 radical (unpaired) electrons. The van der Waals surface area contributed by atoms with E-state index in [0.717, 1.165) is 11.8 Å². The monoisotopic (exact) mass is 419 g/mol. The zero-order valence-electron chi connectivity index (χ0n) is 14.7. The lowest BCUT2D eigenvalue weighted by Crippen LogP contribution is -2.37. The Balaban J connectivity index is 1.74. The number of carbonyl (C=O) groups is 1. The number of hydrogen-bond donors (Lipinski definition) is 4. The van der Waals surface area contributed by atoms with E-state index in [9.17, 15) is 18.0 Å². The number of sulfonamides is 1. The van der Waals surface area contributed by atoms with E-state index in [1.807, 2.05) is 0 Å². The first-order valence-electron chi connectivity index (χ1n) is 8.04. The third kappa shape index (κ3) is 4.75. The molecule has 1 atom stereocenters. The number of benzene rings is 2. The number of primary sulfonamides is 1. The number of anilines is 1. The maximum absolute atomic E-state index is 12.2. The summed E-state index contributed by atoms with van der Waals surface area (Å²) in [6.45, 7) is 1.40. The van der Waals surface area contributed by atoms with Gasteiger partial charge in [0.15, 0.2) is 10.9 Å². The molecule has 0 fully saturated rings. The van der Waals surface area contributed by atoms with Gasteiger partial charge in [0, 0.05) is 5.69 Å². The number of aromatic nitrogens is 2. The molecule has 0 aliphatic carbocycles. The highest BCUT2D eigenvalue weighted by Gasteiger charge is 2.18. The number of nitrogens with one attached hydrogen (secondary N) is 3. The fourth-order valence-electron chi connectivity index (χ4n) is 2.32. The van der Waals surface area contributed by atoms with Crippen LogP contribution in [0.1, 0.15) is 6.92 Å². The van der Waals surface area contributed by atoms with Crippen molar-refractivity contribution in [2.45, 2.75) is 22.3 Å². The summed E-state index contributed by atoms with van der Waals surface area (Å²) in [4.78, 5) is 31.1. The number of nitrogens with zero attached hydrogens (tertiary/aromatic N) is 1. The molecule has 0 spiro atoms. The summed E-state index contributed by atoms with van der Waals surface area (Å²) >= 11 is 1.05. The van der Waals surface area contributed by atoms with Gasteiger partial charge in [-0.3, -0.25) is 9.59 Å². The predicted octanol–water partition coefficient (Wildman–Crippen LogP) is 1.19. The van der Waals surface area contributed by atoms with Crippen molar-refractivity contribution in [3.63, 3.8) is 0 Å². The maximum atomic E-state index is 12.2. The molecule has 2 aromatic carbocycles. The average Bonchev–Trinajstić information content (AvgIpc) is 2.64. The average molecular weight is 419 g/mol. The standard InChI is InChI=1S/C17H17N5O4S2/c1-10(23)16(22-21-11-6-8-12(9-7-11)28(18,25)26)27-17-19-14-5-3-2-4-13(14)15(24)20-17/h2-9,16,21-22H,1H3,(H2,18,25,26)(H,19,20,24). The number of hydrogen-bond acceptors (Lipinski definition) is 8. The summed E-state index contributed by atoms with van der Waals surface area (Å²) in [7, 11) is -3.78. The van der Waals surface area contributed by atoms with Crippen molar-refractivity contribution in [3.05, 3.63) is 58.9 Å². The molecule has 1 unspecified atom stereocenters. The number of carbonyl (C=O) groups excluding carboxylic acids is 1. The molecule has 1 heterocycles. The Morgan fingerprint density at radius 1 is 1.18 bits per heavy atom. The fraction of sp³-hybridized carbons (Fsp3) is 0.118. The van der Waals surface area contributed by atoms with Crippen LogP contribution in [0.4, 0.5) is 5.69 Å².